The molecule has 3 heteroatoms. The fraction of sp³-hybridized carbons (Fsp3) is 0.222. The molecule has 2 nitrogen and oxygen atoms in total. The van der Waals surface area contributed by atoms with E-state index >= 15 is 0 Å². The van der Waals surface area contributed by atoms with Crippen molar-refractivity contribution in [2.45, 2.75) is 26.2 Å². The van der Waals surface area contributed by atoms with Crippen molar-refractivity contribution in [1.82, 2.24) is 10.2 Å². The third-order valence-electron chi connectivity index (χ3n) is 3.39. The lowest BCUT2D eigenvalue weighted by Crippen LogP contribution is -2.10. The van der Waals surface area contributed by atoms with Crippen LogP contribution in [0.5, 0.6) is 0 Å². The van der Waals surface area contributed by atoms with Gasteiger partial charge in [-0.15, -0.1) is 10.2 Å². The fourth-order valence-electron chi connectivity index (χ4n) is 2.10. The summed E-state index contributed by atoms with van der Waals surface area (Å²) in [5.74, 6) is 0. The molecule has 0 fully saturated rings. The van der Waals surface area contributed by atoms with Crippen LogP contribution in [0.25, 0.3) is 21.1 Å². The molecule has 105 valence electrons. The van der Waals surface area contributed by atoms with Gasteiger partial charge in [0.05, 0.1) is 0 Å². The van der Waals surface area contributed by atoms with Crippen molar-refractivity contribution in [3.63, 3.8) is 0 Å². The van der Waals surface area contributed by atoms with Crippen LogP contribution in [-0.4, -0.2) is 10.2 Å². The summed E-state index contributed by atoms with van der Waals surface area (Å²) in [7, 11) is 0. The predicted octanol–water partition coefficient (Wildman–Crippen LogP) is 4.97. The molecule has 3 aromatic rings. The number of rotatable bonds is 2. The summed E-state index contributed by atoms with van der Waals surface area (Å²) >= 11 is 1.62. The Kier molecular flexibility index (Phi) is 3.60. The monoisotopic (exact) mass is 293 g/mol. The molecule has 0 atom stereocenters. The van der Waals surface area contributed by atoms with E-state index in [4.69, 9.17) is 0 Å². The van der Waals surface area contributed by atoms with E-state index in [9.17, 15) is 0 Å². The first-order valence-corrected chi connectivity index (χ1v) is 7.76. The van der Waals surface area contributed by atoms with E-state index in [1.54, 1.807) is 11.3 Å². The van der Waals surface area contributed by atoms with Gasteiger partial charge < -0.3 is 0 Å². The maximum absolute atomic E-state index is 4.31. The largest absolute Gasteiger partial charge is 0.148 e. The van der Waals surface area contributed by atoms with Crippen LogP contribution in [0.1, 0.15) is 26.3 Å². The summed E-state index contributed by atoms with van der Waals surface area (Å²) in [5.41, 5.74) is 3.71. The Bertz CT molecular complexity index is 722. The van der Waals surface area contributed by atoms with Crippen LogP contribution in [0.2, 0.25) is 0 Å². The first kappa shape index (κ1) is 14.0. The van der Waals surface area contributed by atoms with Crippen LogP contribution in [0.15, 0.2) is 48.5 Å². The quantitative estimate of drug-likeness (QED) is 0.666. The van der Waals surface area contributed by atoms with Gasteiger partial charge in [0.2, 0.25) is 0 Å². The van der Waals surface area contributed by atoms with Crippen molar-refractivity contribution in [2.75, 3.05) is 0 Å². The second kappa shape index (κ2) is 5.41. The molecule has 1 aromatic heterocycles. The predicted molar refractivity (Wildman–Crippen MR) is 88.3 cm³/mol. The summed E-state index contributed by atoms with van der Waals surface area (Å²) < 4.78 is 0. The number of nitrogens with zero attached hydrogens (tertiary/aromatic N) is 2. The zero-order chi connectivity index (χ0) is 14.9. The molecule has 0 amide bonds. The third kappa shape index (κ3) is 3.03. The van der Waals surface area contributed by atoms with E-state index in [0.29, 0.717) is 0 Å². The van der Waals surface area contributed by atoms with E-state index in [1.807, 2.05) is 24.3 Å². The molecule has 1 heterocycles. The second-order valence-electron chi connectivity index (χ2n) is 6.03. The van der Waals surface area contributed by atoms with E-state index in [2.05, 4.69) is 61.3 Å². The van der Waals surface area contributed by atoms with Crippen molar-refractivity contribution in [3.05, 3.63) is 60.2 Å². The number of aromatic nitrogens is 2. The first-order chi connectivity index (χ1) is 10.0. The fourth-order valence-corrected chi connectivity index (χ4v) is 2.95. The second-order valence-corrected chi connectivity index (χ2v) is 7.01. The number of hydrogen-bond donors (Lipinski definition) is 0. The third-order valence-corrected chi connectivity index (χ3v) is 4.41. The highest BCUT2D eigenvalue weighted by atomic mass is 32.1. The summed E-state index contributed by atoms with van der Waals surface area (Å²) in [6.45, 7) is 6.66. The highest BCUT2D eigenvalue weighted by Gasteiger charge is 2.14. The van der Waals surface area contributed by atoms with Gasteiger partial charge in [-0.05, 0) is 17.0 Å². The van der Waals surface area contributed by atoms with Crippen molar-refractivity contribution in [1.29, 1.82) is 0 Å². The van der Waals surface area contributed by atoms with Gasteiger partial charge in [0.1, 0.15) is 10.0 Å². The highest BCUT2D eigenvalue weighted by molar-refractivity contribution is 7.17. The summed E-state index contributed by atoms with van der Waals surface area (Å²) in [4.78, 5) is 0. The molecular formula is C18H17N2S. The maximum atomic E-state index is 4.31. The molecule has 0 aliphatic carbocycles. The minimum atomic E-state index is 0.172. The molecular weight excluding hydrogens is 276 g/mol. The molecule has 3 rings (SSSR count). The van der Waals surface area contributed by atoms with Crippen LogP contribution in [0.4, 0.5) is 0 Å². The molecule has 0 saturated carbocycles. The molecule has 0 aliphatic rings. The molecule has 1 radical (unpaired) electrons. The molecule has 0 saturated heterocycles. The van der Waals surface area contributed by atoms with Crippen LogP contribution >= 0.6 is 11.3 Å². The Balaban J connectivity index is 1.90. The molecule has 0 bridgehead atoms. The van der Waals surface area contributed by atoms with Crippen molar-refractivity contribution >= 4 is 11.3 Å². The molecule has 21 heavy (non-hydrogen) atoms. The van der Waals surface area contributed by atoms with Crippen molar-refractivity contribution in [3.8, 4) is 21.1 Å². The maximum Gasteiger partial charge on any atom is 0.148 e. The molecule has 0 aliphatic heterocycles. The lowest BCUT2D eigenvalue weighted by atomic mass is 9.87. The zero-order valence-electron chi connectivity index (χ0n) is 12.4. The van der Waals surface area contributed by atoms with Gasteiger partial charge in [-0.1, -0.05) is 80.6 Å². The summed E-state index contributed by atoms with van der Waals surface area (Å²) in [6, 6.07) is 19.4. The van der Waals surface area contributed by atoms with Crippen molar-refractivity contribution < 1.29 is 0 Å². The number of benzene rings is 2. The van der Waals surface area contributed by atoms with Gasteiger partial charge in [0, 0.05) is 11.1 Å². The average Bonchev–Trinajstić information content (AvgIpc) is 2.97. The van der Waals surface area contributed by atoms with Gasteiger partial charge in [-0.25, -0.2) is 0 Å². The minimum Gasteiger partial charge on any atom is -0.138 e. The van der Waals surface area contributed by atoms with Gasteiger partial charge in [-0.3, -0.25) is 0 Å². The van der Waals surface area contributed by atoms with Gasteiger partial charge in [0.25, 0.3) is 0 Å². The highest BCUT2D eigenvalue weighted by Crippen LogP contribution is 2.31. The minimum absolute atomic E-state index is 0.172. The smallest absolute Gasteiger partial charge is 0.138 e. The Labute approximate surface area is 129 Å². The molecule has 0 spiro atoms. The van der Waals surface area contributed by atoms with Crippen molar-refractivity contribution in [2.24, 2.45) is 0 Å². The standard InChI is InChI=1S/C18H17N2S/c1-18(2,3)15-11-9-14(10-12-15)17-20-19-16(21-17)13-7-5-4-6-8-13/h5-12H,1-3H3. The lowest BCUT2D eigenvalue weighted by molar-refractivity contribution is 0.590. The average molecular weight is 293 g/mol. The Morgan fingerprint density at radius 2 is 1.33 bits per heavy atom. The molecule has 0 unspecified atom stereocenters. The lowest BCUT2D eigenvalue weighted by Gasteiger charge is -2.18. The van der Waals surface area contributed by atoms with E-state index in [1.165, 1.54) is 5.56 Å². The first-order valence-electron chi connectivity index (χ1n) is 6.95. The SMILES string of the molecule is CC(C)(C)c1ccc(-c2nnc(-c3cc[c]cc3)s2)cc1. The van der Waals surface area contributed by atoms with Gasteiger partial charge in [-0.2, -0.15) is 0 Å². The van der Waals surface area contributed by atoms with Crippen LogP contribution in [0.3, 0.4) is 0 Å². The normalized spacial score (nSPS) is 11.6. The summed E-state index contributed by atoms with van der Waals surface area (Å²) in [6.07, 6.45) is 0. The molecule has 2 aromatic carbocycles. The Morgan fingerprint density at radius 1 is 0.810 bits per heavy atom. The Hall–Kier alpha value is -2.00. The van der Waals surface area contributed by atoms with Crippen LogP contribution in [0, 0.1) is 6.07 Å². The van der Waals surface area contributed by atoms with Crippen LogP contribution in [-0.2, 0) is 5.41 Å². The van der Waals surface area contributed by atoms with Gasteiger partial charge >= 0.3 is 0 Å². The Morgan fingerprint density at radius 3 is 1.86 bits per heavy atom. The van der Waals surface area contributed by atoms with E-state index in [-0.39, 0.29) is 5.41 Å². The van der Waals surface area contributed by atoms with Crippen LogP contribution < -0.4 is 0 Å². The zero-order valence-corrected chi connectivity index (χ0v) is 13.2. The van der Waals surface area contributed by atoms with Gasteiger partial charge in [0.15, 0.2) is 0 Å². The molecule has 0 N–H and O–H groups in total. The van der Waals surface area contributed by atoms with E-state index < -0.39 is 0 Å². The van der Waals surface area contributed by atoms with E-state index in [0.717, 1.165) is 21.1 Å². The number of hydrogen-bond acceptors (Lipinski definition) is 3. The summed E-state index contributed by atoms with van der Waals surface area (Å²) in [5, 5.41) is 10.5. The topological polar surface area (TPSA) is 25.8 Å².